The van der Waals surface area contributed by atoms with Crippen molar-refractivity contribution in [2.45, 2.75) is 6.23 Å². The Labute approximate surface area is 89.5 Å². The molecule has 0 bridgehead atoms. The molecule has 15 heavy (non-hydrogen) atoms. The first kappa shape index (κ1) is 9.93. The van der Waals surface area contributed by atoms with Crippen LogP contribution in [0.3, 0.4) is 0 Å². The molecule has 2 rings (SSSR count). The van der Waals surface area contributed by atoms with Crippen LogP contribution in [0.5, 0.6) is 0 Å². The normalized spacial score (nSPS) is 12.7. The molecule has 0 aliphatic rings. The highest BCUT2D eigenvalue weighted by Gasteiger charge is 2.16. The maximum Gasteiger partial charge on any atom is 0.245 e. The van der Waals surface area contributed by atoms with Crippen LogP contribution < -0.4 is 4.57 Å². The van der Waals surface area contributed by atoms with Gasteiger partial charge in [-0.25, -0.2) is 9.13 Å². The summed E-state index contributed by atoms with van der Waals surface area (Å²) >= 11 is 0. The van der Waals surface area contributed by atoms with E-state index in [0.29, 0.717) is 0 Å². The van der Waals surface area contributed by atoms with Gasteiger partial charge in [0.1, 0.15) is 12.4 Å². The zero-order valence-corrected chi connectivity index (χ0v) is 9.00. The summed E-state index contributed by atoms with van der Waals surface area (Å²) < 4.78 is 9.52. The van der Waals surface area contributed by atoms with Crippen molar-refractivity contribution in [3.63, 3.8) is 0 Å². The summed E-state index contributed by atoms with van der Waals surface area (Å²) in [5.74, 6) is 0. The lowest BCUT2D eigenvalue weighted by molar-refractivity contribution is -0.671. The molecule has 2 aromatic rings. The molecule has 1 unspecified atom stereocenters. The SMILES string of the molecule is COC(c1ccccc1)n1cc[n+](C)c1. The van der Waals surface area contributed by atoms with Crippen molar-refractivity contribution in [1.82, 2.24) is 4.57 Å². The Morgan fingerprint density at radius 1 is 1.27 bits per heavy atom. The Hall–Kier alpha value is -1.61. The standard InChI is InChI=1S/C12H15N2O/c1-13-8-9-14(10-13)12(15-2)11-6-4-3-5-7-11/h3-10,12H,1-2H3/q+1. The summed E-state index contributed by atoms with van der Waals surface area (Å²) in [7, 11) is 3.71. The molecule has 0 N–H and O–H groups in total. The van der Waals surface area contributed by atoms with Gasteiger partial charge in [0.2, 0.25) is 12.6 Å². The molecule has 0 spiro atoms. The first-order valence-corrected chi connectivity index (χ1v) is 4.91. The second-order valence-electron chi connectivity index (χ2n) is 3.53. The molecule has 3 heteroatoms. The first-order valence-electron chi connectivity index (χ1n) is 4.91. The molecule has 0 amide bonds. The minimum Gasteiger partial charge on any atom is -0.339 e. The van der Waals surface area contributed by atoms with Crippen LogP contribution in [0, 0.1) is 0 Å². The van der Waals surface area contributed by atoms with Gasteiger partial charge in [0.05, 0.1) is 7.05 Å². The number of hydrogen-bond acceptors (Lipinski definition) is 1. The quantitative estimate of drug-likeness (QED) is 0.691. The van der Waals surface area contributed by atoms with Crippen molar-refractivity contribution in [2.75, 3.05) is 7.11 Å². The molecule has 1 aromatic carbocycles. The molecule has 1 aromatic heterocycles. The summed E-state index contributed by atoms with van der Waals surface area (Å²) in [6.45, 7) is 0. The minimum atomic E-state index is -0.0487. The van der Waals surface area contributed by atoms with E-state index in [1.807, 2.05) is 53.1 Å². The van der Waals surface area contributed by atoms with E-state index in [9.17, 15) is 0 Å². The summed E-state index contributed by atoms with van der Waals surface area (Å²) in [5, 5.41) is 0. The topological polar surface area (TPSA) is 18.0 Å². The van der Waals surface area contributed by atoms with Crippen LogP contribution in [0.4, 0.5) is 0 Å². The van der Waals surface area contributed by atoms with E-state index in [1.54, 1.807) is 7.11 Å². The van der Waals surface area contributed by atoms with Crippen LogP contribution in [0.1, 0.15) is 11.8 Å². The van der Waals surface area contributed by atoms with Gasteiger partial charge < -0.3 is 4.74 Å². The van der Waals surface area contributed by atoms with Gasteiger partial charge >= 0.3 is 0 Å². The van der Waals surface area contributed by atoms with Gasteiger partial charge in [-0.2, -0.15) is 0 Å². The van der Waals surface area contributed by atoms with Crippen LogP contribution in [0.2, 0.25) is 0 Å². The molecule has 0 fully saturated rings. The van der Waals surface area contributed by atoms with E-state index in [4.69, 9.17) is 4.74 Å². The van der Waals surface area contributed by atoms with Gasteiger partial charge in [0.15, 0.2) is 0 Å². The average molecular weight is 203 g/mol. The van der Waals surface area contributed by atoms with Crippen molar-refractivity contribution in [3.8, 4) is 0 Å². The third kappa shape index (κ3) is 2.07. The van der Waals surface area contributed by atoms with Crippen molar-refractivity contribution >= 4 is 0 Å². The van der Waals surface area contributed by atoms with Crippen LogP contribution in [0.15, 0.2) is 49.1 Å². The van der Waals surface area contributed by atoms with Crippen LogP contribution in [-0.2, 0) is 11.8 Å². The molecule has 0 saturated heterocycles. The van der Waals surface area contributed by atoms with Gasteiger partial charge in [-0.1, -0.05) is 30.3 Å². The van der Waals surface area contributed by atoms with E-state index >= 15 is 0 Å². The third-order valence-corrected chi connectivity index (χ3v) is 2.37. The maximum atomic E-state index is 5.49. The first-order chi connectivity index (χ1) is 7.31. The van der Waals surface area contributed by atoms with E-state index in [1.165, 1.54) is 0 Å². The summed E-state index contributed by atoms with van der Waals surface area (Å²) in [4.78, 5) is 0. The molecule has 0 saturated carbocycles. The fraction of sp³-hybridized carbons (Fsp3) is 0.250. The van der Waals surface area contributed by atoms with Crippen molar-refractivity contribution < 1.29 is 9.30 Å². The zero-order chi connectivity index (χ0) is 10.7. The van der Waals surface area contributed by atoms with Crippen molar-refractivity contribution in [3.05, 3.63) is 54.6 Å². The Morgan fingerprint density at radius 3 is 2.53 bits per heavy atom. The van der Waals surface area contributed by atoms with E-state index in [2.05, 4.69) is 12.1 Å². The summed E-state index contributed by atoms with van der Waals surface area (Å²) in [6.07, 6.45) is 5.95. The molecule has 1 heterocycles. The number of nitrogens with zero attached hydrogens (tertiary/aromatic N) is 2. The second-order valence-corrected chi connectivity index (χ2v) is 3.53. The highest BCUT2D eigenvalue weighted by molar-refractivity contribution is 5.17. The Bertz CT molecular complexity index is 422. The van der Waals surface area contributed by atoms with Gasteiger partial charge in [-0.05, 0) is 0 Å². The van der Waals surface area contributed by atoms with Crippen LogP contribution >= 0.6 is 0 Å². The number of aryl methyl sites for hydroxylation is 1. The number of aromatic nitrogens is 2. The van der Waals surface area contributed by atoms with Crippen LogP contribution in [0.25, 0.3) is 0 Å². The number of imidazole rings is 1. The van der Waals surface area contributed by atoms with Crippen molar-refractivity contribution in [2.24, 2.45) is 7.05 Å². The second kappa shape index (κ2) is 4.28. The van der Waals surface area contributed by atoms with Crippen molar-refractivity contribution in [1.29, 1.82) is 0 Å². The predicted molar refractivity (Wildman–Crippen MR) is 57.2 cm³/mol. The fourth-order valence-electron chi connectivity index (χ4n) is 1.66. The van der Waals surface area contributed by atoms with Crippen LogP contribution in [-0.4, -0.2) is 11.7 Å². The predicted octanol–water partition coefficient (Wildman–Crippen LogP) is 1.51. The Kier molecular flexibility index (Phi) is 2.83. The largest absolute Gasteiger partial charge is 0.339 e. The molecule has 1 atom stereocenters. The number of methoxy groups -OCH3 is 1. The van der Waals surface area contributed by atoms with Gasteiger partial charge in [0.25, 0.3) is 0 Å². The molecule has 3 nitrogen and oxygen atoms in total. The highest BCUT2D eigenvalue weighted by Crippen LogP contribution is 2.17. The molecular formula is C12H15N2O+. The van der Waals surface area contributed by atoms with E-state index in [0.717, 1.165) is 5.56 Å². The lowest BCUT2D eigenvalue weighted by Crippen LogP contribution is -2.24. The number of benzene rings is 1. The number of hydrogen-bond donors (Lipinski definition) is 0. The maximum absolute atomic E-state index is 5.49. The Balaban J connectivity index is 2.33. The summed E-state index contributed by atoms with van der Waals surface area (Å²) in [5.41, 5.74) is 1.15. The monoisotopic (exact) mass is 203 g/mol. The smallest absolute Gasteiger partial charge is 0.245 e. The molecule has 0 aliphatic heterocycles. The minimum absolute atomic E-state index is 0.0487. The Morgan fingerprint density at radius 2 is 2.00 bits per heavy atom. The van der Waals surface area contributed by atoms with Gasteiger partial charge in [-0.15, -0.1) is 0 Å². The lowest BCUT2D eigenvalue weighted by atomic mass is 10.2. The molecule has 0 aliphatic carbocycles. The number of ether oxygens (including phenoxy) is 1. The van der Waals surface area contributed by atoms with Gasteiger partial charge in [0, 0.05) is 12.7 Å². The summed E-state index contributed by atoms with van der Waals surface area (Å²) in [6, 6.07) is 10.2. The van der Waals surface area contributed by atoms with Gasteiger partial charge in [-0.3, -0.25) is 0 Å². The number of rotatable bonds is 3. The fourth-order valence-corrected chi connectivity index (χ4v) is 1.66. The molecule has 78 valence electrons. The highest BCUT2D eigenvalue weighted by atomic mass is 16.5. The molecule has 0 radical (unpaired) electrons. The zero-order valence-electron chi connectivity index (χ0n) is 9.00. The third-order valence-electron chi connectivity index (χ3n) is 2.37. The van der Waals surface area contributed by atoms with E-state index in [-0.39, 0.29) is 6.23 Å². The van der Waals surface area contributed by atoms with E-state index < -0.39 is 0 Å². The average Bonchev–Trinajstić information content (AvgIpc) is 2.68. The molecular weight excluding hydrogens is 188 g/mol. The lowest BCUT2D eigenvalue weighted by Gasteiger charge is -2.11.